The van der Waals surface area contributed by atoms with Crippen molar-refractivity contribution in [2.24, 2.45) is 0 Å². The number of hydrogen-bond acceptors (Lipinski definition) is 6. The molecule has 232 valence electrons. The van der Waals surface area contributed by atoms with Crippen molar-refractivity contribution < 1.29 is 27.8 Å². The number of benzene rings is 2. The number of phosphoric ester groups is 1. The third kappa shape index (κ3) is 11.7. The average molecular weight is 616 g/mol. The highest BCUT2D eigenvalue weighted by atomic mass is 32.1. The fourth-order valence-corrected chi connectivity index (χ4v) is 6.68. The molecule has 0 aliphatic heterocycles. The van der Waals surface area contributed by atoms with Gasteiger partial charge in [0.2, 0.25) is 5.51 Å². The molecule has 1 atom stereocenters. The quantitative estimate of drug-likeness (QED) is 0.0720. The van der Waals surface area contributed by atoms with Gasteiger partial charge in [0.05, 0.1) is 11.5 Å². The summed E-state index contributed by atoms with van der Waals surface area (Å²) in [4.78, 5) is 14.1. The average Bonchev–Trinajstić information content (AvgIpc) is 3.36. The number of rotatable bonds is 20. The Morgan fingerprint density at radius 3 is 2.10 bits per heavy atom. The van der Waals surface area contributed by atoms with Crippen molar-refractivity contribution in [3.8, 4) is 17.2 Å². The standard InChI is InChI=1S/C34H50NO5PS/c1-6-7-8-9-10-11-12-13-14-15-16-17-21-38-33-22-27(2)34(30(5)29(33)4)40-41(36,37)39-32-20-18-19-31(23-32)25-35-24-28(3)42-26-35/h18-20,22-24,26H,6-17,21,25H2,1-5H3. The summed E-state index contributed by atoms with van der Waals surface area (Å²) in [5.41, 5.74) is 5.27. The SMILES string of the molecule is CCCCCCCCCCCCCCOc1cc(C)c(OP(=O)([O-])Oc2cccc(C[n+]3csc(C)c3)c2)c(C)c1C. The lowest BCUT2D eigenvalue weighted by Crippen LogP contribution is -2.30. The first-order chi connectivity index (χ1) is 20.2. The molecule has 8 heteroatoms. The van der Waals surface area contributed by atoms with Crippen LogP contribution >= 0.6 is 19.2 Å². The van der Waals surface area contributed by atoms with Gasteiger partial charge in [-0.05, 0) is 69.0 Å². The molecule has 0 spiro atoms. The molecule has 0 amide bonds. The third-order valence-electron chi connectivity index (χ3n) is 7.64. The normalized spacial score (nSPS) is 12.7. The highest BCUT2D eigenvalue weighted by Crippen LogP contribution is 2.45. The molecule has 0 N–H and O–H groups in total. The molecule has 1 unspecified atom stereocenters. The van der Waals surface area contributed by atoms with Crippen LogP contribution in [0.1, 0.15) is 111 Å². The summed E-state index contributed by atoms with van der Waals surface area (Å²) in [6, 6.07) is 8.94. The molecule has 3 rings (SSSR count). The predicted molar refractivity (Wildman–Crippen MR) is 171 cm³/mol. The van der Waals surface area contributed by atoms with Gasteiger partial charge in [0, 0.05) is 5.56 Å². The van der Waals surface area contributed by atoms with Crippen LogP contribution in [-0.4, -0.2) is 6.61 Å². The van der Waals surface area contributed by atoms with E-state index in [0.29, 0.717) is 24.5 Å². The van der Waals surface area contributed by atoms with Gasteiger partial charge in [0.15, 0.2) is 12.7 Å². The van der Waals surface area contributed by atoms with Gasteiger partial charge < -0.3 is 18.7 Å². The van der Waals surface area contributed by atoms with Gasteiger partial charge in [-0.2, -0.15) is 4.57 Å². The monoisotopic (exact) mass is 615 g/mol. The highest BCUT2D eigenvalue weighted by Gasteiger charge is 2.20. The molecule has 0 saturated heterocycles. The topological polar surface area (TPSA) is 71.7 Å². The molecule has 42 heavy (non-hydrogen) atoms. The van der Waals surface area contributed by atoms with Crippen molar-refractivity contribution in [2.75, 3.05) is 6.61 Å². The molecule has 6 nitrogen and oxygen atoms in total. The number of aromatic nitrogens is 1. The van der Waals surface area contributed by atoms with E-state index in [2.05, 4.69) is 24.6 Å². The second-order valence-corrected chi connectivity index (χ2v) is 13.8. The first kappa shape index (κ1) is 34.2. The number of hydrogen-bond donors (Lipinski definition) is 0. The summed E-state index contributed by atoms with van der Waals surface area (Å²) in [6.07, 6.45) is 17.7. The van der Waals surface area contributed by atoms with Gasteiger partial charge in [0.1, 0.15) is 17.2 Å². The Hall–Kier alpha value is -2.34. The maximum absolute atomic E-state index is 12.9. The van der Waals surface area contributed by atoms with E-state index in [-0.39, 0.29) is 5.75 Å². The predicted octanol–water partition coefficient (Wildman–Crippen LogP) is 9.32. The van der Waals surface area contributed by atoms with E-state index in [9.17, 15) is 9.46 Å². The smallest absolute Gasteiger partial charge is 0.372 e. The van der Waals surface area contributed by atoms with Crippen molar-refractivity contribution in [3.05, 3.63) is 69.2 Å². The minimum Gasteiger partial charge on any atom is -0.736 e. The van der Waals surface area contributed by atoms with Crippen LogP contribution in [-0.2, 0) is 11.1 Å². The zero-order valence-corrected chi connectivity index (χ0v) is 28.0. The van der Waals surface area contributed by atoms with E-state index in [0.717, 1.165) is 35.3 Å². The van der Waals surface area contributed by atoms with Gasteiger partial charge in [-0.3, -0.25) is 0 Å². The molecule has 1 aromatic heterocycles. The van der Waals surface area contributed by atoms with Crippen LogP contribution in [0.2, 0.25) is 0 Å². The fourth-order valence-electron chi connectivity index (χ4n) is 5.14. The summed E-state index contributed by atoms with van der Waals surface area (Å²) in [5, 5.41) is 0. The Bertz CT molecular complexity index is 1290. The first-order valence-corrected chi connectivity index (χ1v) is 18.0. The molecule has 0 bridgehead atoms. The maximum Gasteiger partial charge on any atom is 0.372 e. The zero-order chi connectivity index (χ0) is 30.4. The Morgan fingerprint density at radius 2 is 1.48 bits per heavy atom. The Morgan fingerprint density at radius 1 is 0.833 bits per heavy atom. The van der Waals surface area contributed by atoms with Gasteiger partial charge >= 0.3 is 7.82 Å². The van der Waals surface area contributed by atoms with Crippen LogP contribution in [0.15, 0.2) is 42.0 Å². The van der Waals surface area contributed by atoms with Gasteiger partial charge in [0.25, 0.3) is 0 Å². The molecular weight excluding hydrogens is 565 g/mol. The minimum absolute atomic E-state index is 0.229. The molecule has 0 saturated carbocycles. The van der Waals surface area contributed by atoms with Crippen molar-refractivity contribution >= 4 is 19.2 Å². The van der Waals surface area contributed by atoms with Crippen LogP contribution in [0.4, 0.5) is 0 Å². The van der Waals surface area contributed by atoms with Crippen molar-refractivity contribution in [3.63, 3.8) is 0 Å². The molecular formula is C34H50NO5PS. The molecule has 0 aliphatic rings. The summed E-state index contributed by atoms with van der Waals surface area (Å²) in [6.45, 7) is 11.2. The van der Waals surface area contributed by atoms with Crippen LogP contribution in [0.3, 0.4) is 0 Å². The van der Waals surface area contributed by atoms with Crippen molar-refractivity contribution in [1.82, 2.24) is 0 Å². The molecule has 0 fully saturated rings. The number of ether oxygens (including phenoxy) is 1. The molecule has 0 aliphatic carbocycles. The Balaban J connectivity index is 1.44. The lowest BCUT2D eigenvalue weighted by atomic mass is 10.0. The Kier molecular flexibility index (Phi) is 14.4. The lowest BCUT2D eigenvalue weighted by Gasteiger charge is -2.26. The van der Waals surface area contributed by atoms with Gasteiger partial charge in [-0.25, -0.2) is 4.57 Å². The van der Waals surface area contributed by atoms with Gasteiger partial charge in [-0.15, -0.1) is 0 Å². The molecule has 0 radical (unpaired) electrons. The molecule has 3 aromatic rings. The van der Waals surface area contributed by atoms with E-state index in [1.165, 1.54) is 69.1 Å². The number of phosphoric acid groups is 1. The number of aryl methyl sites for hydroxylation is 2. The highest BCUT2D eigenvalue weighted by molar-refractivity contribution is 7.46. The summed E-state index contributed by atoms with van der Waals surface area (Å²) in [5.74, 6) is 1.30. The molecule has 1 heterocycles. The van der Waals surface area contributed by atoms with Crippen molar-refractivity contribution in [2.45, 2.75) is 118 Å². The number of nitrogens with zero attached hydrogens (tertiary/aromatic N) is 1. The van der Waals surface area contributed by atoms with Crippen molar-refractivity contribution in [1.29, 1.82) is 0 Å². The summed E-state index contributed by atoms with van der Waals surface area (Å²) in [7, 11) is -4.67. The Labute approximate surface area is 257 Å². The van der Waals surface area contributed by atoms with Crippen LogP contribution in [0, 0.1) is 27.7 Å². The molecule has 2 aromatic carbocycles. The lowest BCUT2D eigenvalue weighted by molar-refractivity contribution is -0.683. The van der Waals surface area contributed by atoms with E-state index in [1.54, 1.807) is 29.5 Å². The van der Waals surface area contributed by atoms with E-state index in [4.69, 9.17) is 13.8 Å². The second-order valence-electron chi connectivity index (χ2n) is 11.4. The second kappa shape index (κ2) is 17.7. The van der Waals surface area contributed by atoms with Crippen LogP contribution in [0.5, 0.6) is 17.2 Å². The third-order valence-corrected chi connectivity index (χ3v) is 9.33. The van der Waals surface area contributed by atoms with Crippen LogP contribution < -0.4 is 23.2 Å². The fraction of sp³-hybridized carbons (Fsp3) is 0.559. The maximum atomic E-state index is 12.9. The summed E-state index contributed by atoms with van der Waals surface area (Å²) < 4.78 is 31.9. The first-order valence-electron chi connectivity index (χ1n) is 15.7. The zero-order valence-electron chi connectivity index (χ0n) is 26.3. The summed E-state index contributed by atoms with van der Waals surface area (Å²) >= 11 is 1.66. The van der Waals surface area contributed by atoms with E-state index < -0.39 is 7.82 Å². The number of unbranched alkanes of at least 4 members (excludes halogenated alkanes) is 11. The van der Waals surface area contributed by atoms with Crippen LogP contribution in [0.25, 0.3) is 0 Å². The number of thiazole rings is 1. The van der Waals surface area contributed by atoms with E-state index in [1.807, 2.05) is 38.4 Å². The largest absolute Gasteiger partial charge is 0.736 e. The minimum atomic E-state index is -4.67. The van der Waals surface area contributed by atoms with E-state index >= 15 is 0 Å². The van der Waals surface area contributed by atoms with Gasteiger partial charge in [-0.1, -0.05) is 101 Å².